The summed E-state index contributed by atoms with van der Waals surface area (Å²) in [5.41, 5.74) is 0. The van der Waals surface area contributed by atoms with Gasteiger partial charge >= 0.3 is 5.97 Å². The number of carboxylic acids is 1. The zero-order valence-electron chi connectivity index (χ0n) is 11.4. The minimum absolute atomic E-state index is 0.165. The number of furan rings is 1. The fraction of sp³-hybridized carbons (Fsp3) is 0.615. The molecule has 1 aromatic heterocycles. The van der Waals surface area contributed by atoms with E-state index in [0.29, 0.717) is 24.4 Å². The molecule has 2 aliphatic heterocycles. The van der Waals surface area contributed by atoms with Gasteiger partial charge in [-0.05, 0) is 39.2 Å². The lowest BCUT2D eigenvalue weighted by molar-refractivity contribution is -0.142. The van der Waals surface area contributed by atoms with Crippen molar-refractivity contribution in [2.24, 2.45) is 5.92 Å². The van der Waals surface area contributed by atoms with Gasteiger partial charge < -0.3 is 9.52 Å². The zero-order valence-corrected chi connectivity index (χ0v) is 12.2. The van der Waals surface area contributed by atoms with Gasteiger partial charge in [-0.25, -0.2) is 8.42 Å². The van der Waals surface area contributed by atoms with Gasteiger partial charge in [-0.3, -0.25) is 4.79 Å². The van der Waals surface area contributed by atoms with Gasteiger partial charge in [0, 0.05) is 12.1 Å². The van der Waals surface area contributed by atoms with Gasteiger partial charge in [0.1, 0.15) is 16.4 Å². The van der Waals surface area contributed by atoms with Gasteiger partial charge in [-0.15, -0.1) is 0 Å². The van der Waals surface area contributed by atoms with Crippen LogP contribution >= 0.6 is 0 Å². The number of sulfonamides is 1. The second-order valence-electron chi connectivity index (χ2n) is 5.59. The van der Waals surface area contributed by atoms with Crippen molar-refractivity contribution >= 4 is 16.0 Å². The molecule has 6 nitrogen and oxygen atoms in total. The van der Waals surface area contributed by atoms with Gasteiger partial charge in [-0.2, -0.15) is 4.31 Å². The number of nitrogens with zero attached hydrogens (tertiary/aromatic N) is 1. The largest absolute Gasteiger partial charge is 0.481 e. The van der Waals surface area contributed by atoms with Crippen molar-refractivity contribution in [2.45, 2.75) is 50.1 Å². The summed E-state index contributed by atoms with van der Waals surface area (Å²) < 4.78 is 32.3. The van der Waals surface area contributed by atoms with E-state index in [0.717, 1.165) is 6.42 Å². The second kappa shape index (κ2) is 4.33. The molecule has 3 heterocycles. The quantitative estimate of drug-likeness (QED) is 0.914. The molecule has 7 heteroatoms. The average molecular weight is 299 g/mol. The lowest BCUT2D eigenvalue weighted by Crippen LogP contribution is -2.37. The third-order valence-corrected chi connectivity index (χ3v) is 6.43. The molecular weight excluding hydrogens is 282 g/mol. The molecule has 2 bridgehead atoms. The first kappa shape index (κ1) is 13.6. The number of rotatable bonds is 3. The van der Waals surface area contributed by atoms with E-state index in [9.17, 15) is 18.3 Å². The van der Waals surface area contributed by atoms with E-state index in [-0.39, 0.29) is 10.9 Å². The van der Waals surface area contributed by atoms with E-state index in [4.69, 9.17) is 4.42 Å². The van der Waals surface area contributed by atoms with Crippen LogP contribution in [0.15, 0.2) is 15.4 Å². The van der Waals surface area contributed by atoms with Crippen LogP contribution in [0.5, 0.6) is 0 Å². The molecule has 20 heavy (non-hydrogen) atoms. The number of aliphatic carboxylic acids is 1. The van der Waals surface area contributed by atoms with Crippen molar-refractivity contribution < 1.29 is 22.7 Å². The Labute approximate surface area is 117 Å². The minimum atomic E-state index is -3.67. The highest BCUT2D eigenvalue weighted by atomic mass is 32.2. The Kier molecular flexibility index (Phi) is 2.95. The third kappa shape index (κ3) is 1.80. The topological polar surface area (TPSA) is 87.8 Å². The predicted molar refractivity (Wildman–Crippen MR) is 69.8 cm³/mol. The first-order chi connectivity index (χ1) is 9.32. The Morgan fingerprint density at radius 3 is 2.60 bits per heavy atom. The number of hydrogen-bond donors (Lipinski definition) is 1. The van der Waals surface area contributed by atoms with E-state index in [1.54, 1.807) is 13.8 Å². The molecule has 3 atom stereocenters. The van der Waals surface area contributed by atoms with Crippen LogP contribution in [-0.2, 0) is 14.8 Å². The van der Waals surface area contributed by atoms with Crippen molar-refractivity contribution in [1.82, 2.24) is 4.31 Å². The fourth-order valence-corrected chi connectivity index (χ4v) is 5.70. The minimum Gasteiger partial charge on any atom is -0.481 e. The highest BCUT2D eigenvalue weighted by molar-refractivity contribution is 7.89. The fourth-order valence-electron chi connectivity index (χ4n) is 3.56. The van der Waals surface area contributed by atoms with E-state index in [1.807, 2.05) is 0 Å². The van der Waals surface area contributed by atoms with Crippen LogP contribution in [0.2, 0.25) is 0 Å². The SMILES string of the molecule is Cc1cc(S(=O)(=O)N2C3CCC2C(C(=O)O)C3)c(C)o1. The Balaban J connectivity index is 2.01. The van der Waals surface area contributed by atoms with Crippen molar-refractivity contribution in [3.8, 4) is 0 Å². The molecule has 1 N–H and O–H groups in total. The zero-order chi connectivity index (χ0) is 14.7. The van der Waals surface area contributed by atoms with Crippen molar-refractivity contribution in [2.75, 3.05) is 0 Å². The van der Waals surface area contributed by atoms with E-state index in [2.05, 4.69) is 0 Å². The predicted octanol–water partition coefficient (Wildman–Crippen LogP) is 1.52. The molecule has 110 valence electrons. The summed E-state index contributed by atoms with van der Waals surface area (Å²) in [6.45, 7) is 3.32. The summed E-state index contributed by atoms with van der Waals surface area (Å²) >= 11 is 0. The van der Waals surface area contributed by atoms with Crippen LogP contribution in [0, 0.1) is 19.8 Å². The van der Waals surface area contributed by atoms with Gasteiger partial charge in [-0.1, -0.05) is 0 Å². The van der Waals surface area contributed by atoms with Crippen LogP contribution in [0.4, 0.5) is 0 Å². The van der Waals surface area contributed by atoms with Crippen LogP contribution in [0.1, 0.15) is 30.8 Å². The first-order valence-corrected chi connectivity index (χ1v) is 8.09. The van der Waals surface area contributed by atoms with Crippen molar-refractivity contribution in [3.63, 3.8) is 0 Å². The highest BCUT2D eigenvalue weighted by Gasteiger charge is 2.54. The van der Waals surface area contributed by atoms with Gasteiger partial charge in [0.25, 0.3) is 0 Å². The van der Waals surface area contributed by atoms with Crippen molar-refractivity contribution in [1.29, 1.82) is 0 Å². The lowest BCUT2D eigenvalue weighted by atomic mass is 9.89. The van der Waals surface area contributed by atoms with Crippen molar-refractivity contribution in [3.05, 3.63) is 17.6 Å². The summed E-state index contributed by atoms with van der Waals surface area (Å²) in [5.74, 6) is -0.586. The monoisotopic (exact) mass is 299 g/mol. The smallest absolute Gasteiger partial charge is 0.308 e. The molecule has 2 aliphatic rings. The number of fused-ring (bicyclic) bond motifs is 2. The molecule has 0 aromatic carbocycles. The van der Waals surface area contributed by atoms with Crippen LogP contribution < -0.4 is 0 Å². The van der Waals surface area contributed by atoms with E-state index >= 15 is 0 Å². The molecular formula is C13H17NO5S. The summed E-state index contributed by atoms with van der Waals surface area (Å²) in [4.78, 5) is 11.4. The molecule has 2 saturated heterocycles. The Morgan fingerprint density at radius 2 is 2.10 bits per heavy atom. The molecule has 0 spiro atoms. The summed E-state index contributed by atoms with van der Waals surface area (Å²) in [7, 11) is -3.67. The molecule has 3 unspecified atom stereocenters. The van der Waals surface area contributed by atoms with Gasteiger partial charge in [0.2, 0.25) is 10.0 Å². The number of carboxylic acid groups (broad SMARTS) is 1. The van der Waals surface area contributed by atoms with Gasteiger partial charge in [0.15, 0.2) is 0 Å². The van der Waals surface area contributed by atoms with Crippen LogP contribution in [0.3, 0.4) is 0 Å². The average Bonchev–Trinajstić information content (AvgIpc) is 3.01. The Bertz CT molecular complexity index is 662. The number of carbonyl (C=O) groups is 1. The Hall–Kier alpha value is -1.34. The molecule has 1 aromatic rings. The first-order valence-electron chi connectivity index (χ1n) is 6.65. The molecule has 0 amide bonds. The summed E-state index contributed by atoms with van der Waals surface area (Å²) in [6.07, 6.45) is 1.77. The van der Waals surface area contributed by atoms with E-state index < -0.39 is 28.0 Å². The highest BCUT2D eigenvalue weighted by Crippen LogP contribution is 2.45. The molecule has 0 aliphatic carbocycles. The summed E-state index contributed by atoms with van der Waals surface area (Å²) in [6, 6.07) is 0.899. The second-order valence-corrected chi connectivity index (χ2v) is 7.40. The molecule has 2 fully saturated rings. The van der Waals surface area contributed by atoms with Gasteiger partial charge in [0.05, 0.1) is 5.92 Å². The normalized spacial score (nSPS) is 30.0. The number of hydrogen-bond acceptors (Lipinski definition) is 4. The lowest BCUT2D eigenvalue weighted by Gasteiger charge is -2.22. The molecule has 0 saturated carbocycles. The standard InChI is InChI=1S/C13H17NO5S/c1-7-5-12(8(2)19-7)20(17,18)14-9-3-4-11(14)10(6-9)13(15)16/h5,9-11H,3-4,6H2,1-2H3,(H,15,16). The maximum atomic E-state index is 12.8. The van der Waals surface area contributed by atoms with Crippen LogP contribution in [-0.4, -0.2) is 35.9 Å². The van der Waals surface area contributed by atoms with E-state index in [1.165, 1.54) is 10.4 Å². The number of aryl methyl sites for hydroxylation is 2. The third-order valence-electron chi connectivity index (χ3n) is 4.34. The molecule has 0 radical (unpaired) electrons. The Morgan fingerprint density at radius 1 is 1.40 bits per heavy atom. The maximum absolute atomic E-state index is 12.8. The molecule has 3 rings (SSSR count). The maximum Gasteiger partial charge on any atom is 0.308 e. The summed E-state index contributed by atoms with van der Waals surface area (Å²) in [5, 5.41) is 9.21. The van der Waals surface area contributed by atoms with Crippen LogP contribution in [0.25, 0.3) is 0 Å².